The van der Waals surface area contributed by atoms with Crippen LogP contribution in [0.2, 0.25) is 0 Å². The Morgan fingerprint density at radius 3 is 3.00 bits per heavy atom. The molecule has 4 heteroatoms. The second kappa shape index (κ2) is 7.15. The van der Waals surface area contributed by atoms with Gasteiger partial charge in [0.1, 0.15) is 5.82 Å². The van der Waals surface area contributed by atoms with Crippen LogP contribution in [0, 0.1) is 5.82 Å². The highest BCUT2D eigenvalue weighted by Gasteiger charge is 2.18. The van der Waals surface area contributed by atoms with E-state index in [2.05, 4.69) is 11.8 Å². The van der Waals surface area contributed by atoms with Crippen LogP contribution in [0.25, 0.3) is 0 Å². The molecule has 0 aliphatic carbocycles. The van der Waals surface area contributed by atoms with Crippen LogP contribution in [-0.4, -0.2) is 30.6 Å². The Balaban J connectivity index is 2.25. The van der Waals surface area contributed by atoms with Crippen molar-refractivity contribution in [3.05, 3.63) is 29.6 Å². The van der Waals surface area contributed by atoms with Crippen molar-refractivity contribution < 1.29 is 4.39 Å². The van der Waals surface area contributed by atoms with Gasteiger partial charge < -0.3 is 10.6 Å². The summed E-state index contributed by atoms with van der Waals surface area (Å²) in [5, 5.41) is 0. The van der Waals surface area contributed by atoms with Crippen molar-refractivity contribution in [2.75, 3.05) is 29.5 Å². The van der Waals surface area contributed by atoms with Crippen LogP contribution in [0.1, 0.15) is 25.3 Å². The first-order valence-electron chi connectivity index (χ1n) is 7.08. The number of thioether (sulfide) groups is 1. The molecule has 1 aliphatic rings. The third-order valence-electron chi connectivity index (χ3n) is 3.62. The van der Waals surface area contributed by atoms with Gasteiger partial charge in [0.05, 0.1) is 5.69 Å². The zero-order valence-corrected chi connectivity index (χ0v) is 12.4. The molecular weight excluding hydrogens is 259 g/mol. The minimum atomic E-state index is -0.104. The van der Waals surface area contributed by atoms with Crippen LogP contribution >= 0.6 is 11.8 Å². The number of hydrogen-bond acceptors (Lipinski definition) is 3. The van der Waals surface area contributed by atoms with Gasteiger partial charge in [-0.2, -0.15) is 11.8 Å². The standard InChI is InChI=1S/C15H23FN2S/c1-2-13(17)11-12-5-3-6-14(16)15(12)18-7-4-9-19-10-8-18/h3,5-6,13H,2,4,7-11,17H2,1H3. The van der Waals surface area contributed by atoms with Crippen molar-refractivity contribution in [3.8, 4) is 0 Å². The minimum Gasteiger partial charge on any atom is -0.368 e. The normalized spacial score (nSPS) is 18.2. The SMILES string of the molecule is CCC(N)Cc1cccc(F)c1N1CCCSCC1. The van der Waals surface area contributed by atoms with Crippen molar-refractivity contribution in [1.82, 2.24) is 0 Å². The van der Waals surface area contributed by atoms with E-state index in [0.717, 1.165) is 49.4 Å². The average Bonchev–Trinajstić information content (AvgIpc) is 2.67. The number of hydrogen-bond donors (Lipinski definition) is 1. The van der Waals surface area contributed by atoms with Crippen molar-refractivity contribution in [2.24, 2.45) is 5.73 Å². The van der Waals surface area contributed by atoms with Gasteiger partial charge in [-0.15, -0.1) is 0 Å². The highest BCUT2D eigenvalue weighted by Crippen LogP contribution is 2.27. The van der Waals surface area contributed by atoms with Gasteiger partial charge in [0, 0.05) is 24.9 Å². The maximum Gasteiger partial charge on any atom is 0.146 e. The molecule has 19 heavy (non-hydrogen) atoms. The number of rotatable bonds is 4. The summed E-state index contributed by atoms with van der Waals surface area (Å²) in [7, 11) is 0. The number of anilines is 1. The lowest BCUT2D eigenvalue weighted by atomic mass is 10.0. The highest BCUT2D eigenvalue weighted by atomic mass is 32.2. The molecular formula is C15H23FN2S. The fraction of sp³-hybridized carbons (Fsp3) is 0.600. The minimum absolute atomic E-state index is 0.104. The maximum atomic E-state index is 14.2. The van der Waals surface area contributed by atoms with E-state index in [4.69, 9.17) is 5.73 Å². The highest BCUT2D eigenvalue weighted by molar-refractivity contribution is 7.99. The van der Waals surface area contributed by atoms with Crippen LogP contribution in [-0.2, 0) is 6.42 Å². The Hall–Kier alpha value is -0.740. The van der Waals surface area contributed by atoms with Crippen LogP contribution in [0.4, 0.5) is 10.1 Å². The van der Waals surface area contributed by atoms with E-state index >= 15 is 0 Å². The van der Waals surface area contributed by atoms with Gasteiger partial charge >= 0.3 is 0 Å². The molecule has 1 atom stereocenters. The summed E-state index contributed by atoms with van der Waals surface area (Å²) in [5.74, 6) is 2.15. The smallest absolute Gasteiger partial charge is 0.146 e. The van der Waals surface area contributed by atoms with Crippen LogP contribution in [0.15, 0.2) is 18.2 Å². The first kappa shape index (κ1) is 14.7. The molecule has 1 aromatic rings. The molecule has 2 N–H and O–H groups in total. The molecule has 1 heterocycles. The summed E-state index contributed by atoms with van der Waals surface area (Å²) < 4.78 is 14.2. The van der Waals surface area contributed by atoms with Gasteiger partial charge in [-0.1, -0.05) is 19.1 Å². The van der Waals surface area contributed by atoms with Crippen molar-refractivity contribution >= 4 is 17.4 Å². The first-order valence-corrected chi connectivity index (χ1v) is 8.23. The topological polar surface area (TPSA) is 29.3 Å². The maximum absolute atomic E-state index is 14.2. The Labute approximate surface area is 119 Å². The zero-order valence-electron chi connectivity index (χ0n) is 11.6. The summed E-state index contributed by atoms with van der Waals surface area (Å²) in [5.41, 5.74) is 7.88. The van der Waals surface area contributed by atoms with Gasteiger partial charge in [0.2, 0.25) is 0 Å². The predicted molar refractivity (Wildman–Crippen MR) is 82.5 cm³/mol. The fourth-order valence-electron chi connectivity index (χ4n) is 2.48. The van der Waals surface area contributed by atoms with Crippen LogP contribution in [0.3, 0.4) is 0 Å². The number of benzene rings is 1. The van der Waals surface area contributed by atoms with Crippen LogP contribution < -0.4 is 10.6 Å². The molecule has 1 unspecified atom stereocenters. The molecule has 0 aromatic heterocycles. The largest absolute Gasteiger partial charge is 0.368 e. The van der Waals surface area contributed by atoms with Gasteiger partial charge in [-0.25, -0.2) is 4.39 Å². The Morgan fingerprint density at radius 2 is 2.21 bits per heavy atom. The quantitative estimate of drug-likeness (QED) is 0.920. The number of halogens is 1. The summed E-state index contributed by atoms with van der Waals surface area (Å²) in [6.07, 6.45) is 2.80. The molecule has 0 spiro atoms. The van der Waals surface area contributed by atoms with E-state index in [1.807, 2.05) is 17.8 Å². The summed E-state index contributed by atoms with van der Waals surface area (Å²) in [6.45, 7) is 3.95. The molecule has 1 aliphatic heterocycles. The molecule has 2 rings (SSSR count). The lowest BCUT2D eigenvalue weighted by Crippen LogP contribution is -2.29. The Bertz CT molecular complexity index is 403. The monoisotopic (exact) mass is 282 g/mol. The lowest BCUT2D eigenvalue weighted by molar-refractivity contribution is 0.605. The predicted octanol–water partition coefficient (Wildman–Crippen LogP) is 3.05. The third-order valence-corrected chi connectivity index (χ3v) is 4.66. The zero-order chi connectivity index (χ0) is 13.7. The van der Waals surface area contributed by atoms with E-state index in [9.17, 15) is 4.39 Å². The molecule has 1 aromatic carbocycles. The van der Waals surface area contributed by atoms with E-state index in [0.29, 0.717) is 0 Å². The fourth-order valence-corrected chi connectivity index (χ4v) is 3.36. The summed E-state index contributed by atoms with van der Waals surface area (Å²) in [6, 6.07) is 5.49. The molecule has 0 bridgehead atoms. The van der Waals surface area contributed by atoms with Crippen molar-refractivity contribution in [3.63, 3.8) is 0 Å². The van der Waals surface area contributed by atoms with E-state index in [1.54, 1.807) is 12.1 Å². The third kappa shape index (κ3) is 3.86. The molecule has 1 fully saturated rings. The molecule has 0 saturated carbocycles. The van der Waals surface area contributed by atoms with Gasteiger partial charge in [0.15, 0.2) is 0 Å². The van der Waals surface area contributed by atoms with Crippen LogP contribution in [0.5, 0.6) is 0 Å². The average molecular weight is 282 g/mol. The molecule has 106 valence electrons. The van der Waals surface area contributed by atoms with E-state index in [1.165, 1.54) is 5.75 Å². The summed E-state index contributed by atoms with van der Waals surface area (Å²) >= 11 is 1.96. The van der Waals surface area contributed by atoms with E-state index in [-0.39, 0.29) is 11.9 Å². The van der Waals surface area contributed by atoms with Gasteiger partial charge in [-0.05, 0) is 36.6 Å². The second-order valence-corrected chi connectivity index (χ2v) is 6.30. The Morgan fingerprint density at radius 1 is 1.37 bits per heavy atom. The lowest BCUT2D eigenvalue weighted by Gasteiger charge is -2.26. The molecule has 0 radical (unpaired) electrons. The van der Waals surface area contributed by atoms with Gasteiger partial charge in [-0.3, -0.25) is 0 Å². The van der Waals surface area contributed by atoms with Gasteiger partial charge in [0.25, 0.3) is 0 Å². The molecule has 2 nitrogen and oxygen atoms in total. The molecule has 0 amide bonds. The second-order valence-electron chi connectivity index (χ2n) is 5.07. The summed E-state index contributed by atoms with van der Waals surface area (Å²) in [4.78, 5) is 2.20. The Kier molecular flexibility index (Phi) is 5.52. The van der Waals surface area contributed by atoms with E-state index < -0.39 is 0 Å². The van der Waals surface area contributed by atoms with Crippen molar-refractivity contribution in [2.45, 2.75) is 32.2 Å². The number of nitrogens with zero attached hydrogens (tertiary/aromatic N) is 1. The first-order chi connectivity index (χ1) is 9.22. The number of nitrogens with two attached hydrogens (primary N) is 1. The molecule has 1 saturated heterocycles. The number of para-hydroxylation sites is 1. The van der Waals surface area contributed by atoms with Crippen molar-refractivity contribution in [1.29, 1.82) is 0 Å².